The molecule has 0 radical (unpaired) electrons. The maximum atomic E-state index is 12.7. The van der Waals surface area contributed by atoms with Crippen LogP contribution in [-0.4, -0.2) is 57.7 Å². The molecule has 0 bridgehead atoms. The summed E-state index contributed by atoms with van der Waals surface area (Å²) in [6.45, 7) is 2.21. The Hall–Kier alpha value is -3.17. The molecule has 0 unspecified atom stereocenters. The fourth-order valence-corrected chi connectivity index (χ4v) is 4.13. The van der Waals surface area contributed by atoms with Crippen LogP contribution in [0.3, 0.4) is 0 Å². The third kappa shape index (κ3) is 5.50. The smallest absolute Gasteiger partial charge is 0.477 e. The first-order valence-corrected chi connectivity index (χ1v) is 9.74. The number of alkyl halides is 3. The van der Waals surface area contributed by atoms with Gasteiger partial charge in [0.05, 0.1) is 12.2 Å². The minimum absolute atomic E-state index is 0.0649. The number of rotatable bonds is 4. The highest BCUT2D eigenvalue weighted by atomic mass is 19.4. The number of carbonyl (C=O) groups is 2. The van der Waals surface area contributed by atoms with Gasteiger partial charge in [-0.1, -0.05) is 12.5 Å². The van der Waals surface area contributed by atoms with Gasteiger partial charge in [-0.2, -0.15) is 13.2 Å². The molecule has 166 valence electrons. The highest BCUT2D eigenvalue weighted by Gasteiger charge is 2.51. The van der Waals surface area contributed by atoms with Crippen LogP contribution in [0.15, 0.2) is 48.9 Å². The molecule has 2 atom stereocenters. The van der Waals surface area contributed by atoms with Gasteiger partial charge in [0.2, 0.25) is 5.88 Å². The predicted octanol–water partition coefficient (Wildman–Crippen LogP) is 3.43. The van der Waals surface area contributed by atoms with Crippen LogP contribution in [0.25, 0.3) is 0 Å². The van der Waals surface area contributed by atoms with E-state index in [1.165, 1.54) is 12.8 Å². The lowest BCUT2D eigenvalue weighted by atomic mass is 9.81. The number of halogens is 3. The normalized spacial score (nSPS) is 22.3. The van der Waals surface area contributed by atoms with Crippen molar-refractivity contribution >= 4 is 11.9 Å². The van der Waals surface area contributed by atoms with E-state index in [0.717, 1.165) is 19.5 Å². The maximum absolute atomic E-state index is 12.7. The van der Waals surface area contributed by atoms with Crippen LogP contribution in [-0.2, 0) is 4.79 Å². The van der Waals surface area contributed by atoms with E-state index in [1.807, 2.05) is 35.2 Å². The number of carbonyl (C=O) groups excluding carboxylic acids is 1. The topological polar surface area (TPSA) is 92.6 Å². The number of likely N-dealkylation sites (tertiary alicyclic amines) is 1. The zero-order valence-corrected chi connectivity index (χ0v) is 16.6. The van der Waals surface area contributed by atoms with Crippen molar-refractivity contribution in [3.05, 3.63) is 54.5 Å². The van der Waals surface area contributed by atoms with Crippen molar-refractivity contribution in [2.75, 3.05) is 19.7 Å². The third-order valence-electron chi connectivity index (χ3n) is 5.62. The van der Waals surface area contributed by atoms with E-state index in [1.54, 1.807) is 18.6 Å². The molecule has 1 saturated carbocycles. The summed E-state index contributed by atoms with van der Waals surface area (Å²) in [5.74, 6) is -1.50. The van der Waals surface area contributed by atoms with E-state index in [0.29, 0.717) is 24.0 Å². The van der Waals surface area contributed by atoms with E-state index >= 15 is 0 Å². The molecule has 31 heavy (non-hydrogen) atoms. The zero-order chi connectivity index (χ0) is 22.5. The zero-order valence-electron chi connectivity index (χ0n) is 16.6. The van der Waals surface area contributed by atoms with Gasteiger partial charge in [0, 0.05) is 43.2 Å². The molecule has 2 aromatic rings. The van der Waals surface area contributed by atoms with Crippen molar-refractivity contribution in [3.63, 3.8) is 0 Å². The third-order valence-corrected chi connectivity index (χ3v) is 5.62. The van der Waals surface area contributed by atoms with Crippen LogP contribution < -0.4 is 4.74 Å². The average molecular weight is 437 g/mol. The van der Waals surface area contributed by atoms with Crippen LogP contribution in [0.1, 0.15) is 29.6 Å². The molecule has 2 fully saturated rings. The molecule has 0 spiro atoms. The molecule has 1 amide bonds. The second kappa shape index (κ2) is 9.32. The van der Waals surface area contributed by atoms with Gasteiger partial charge in [0.15, 0.2) is 0 Å². The van der Waals surface area contributed by atoms with Crippen LogP contribution in [0.4, 0.5) is 13.2 Å². The Kier molecular flexibility index (Phi) is 6.77. The Balaban J connectivity index is 0.000000339. The van der Waals surface area contributed by atoms with E-state index in [9.17, 15) is 18.0 Å². The quantitative estimate of drug-likeness (QED) is 0.788. The van der Waals surface area contributed by atoms with Crippen LogP contribution in [0.2, 0.25) is 0 Å². The highest BCUT2D eigenvalue weighted by Crippen LogP contribution is 2.49. The summed E-state index contributed by atoms with van der Waals surface area (Å²) in [5, 5.41) is 7.12. The summed E-state index contributed by atoms with van der Waals surface area (Å²) in [6, 6.07) is 9.34. The number of nitrogens with zero attached hydrogens (tertiary/aromatic N) is 3. The molecule has 7 nitrogen and oxygen atoms in total. The summed E-state index contributed by atoms with van der Waals surface area (Å²) in [7, 11) is 0. The van der Waals surface area contributed by atoms with Gasteiger partial charge in [-0.3, -0.25) is 9.78 Å². The number of carboxylic acid groups (broad SMARTS) is 1. The number of pyridine rings is 2. The van der Waals surface area contributed by atoms with Crippen LogP contribution in [0.5, 0.6) is 5.88 Å². The highest BCUT2D eigenvalue weighted by molar-refractivity contribution is 5.94. The molecular formula is C21H22F3N3O4. The van der Waals surface area contributed by atoms with Gasteiger partial charge in [0.1, 0.15) is 0 Å². The fraction of sp³-hybridized carbons (Fsp3) is 0.429. The van der Waals surface area contributed by atoms with Crippen LogP contribution >= 0.6 is 0 Å². The minimum Gasteiger partial charge on any atom is -0.477 e. The Morgan fingerprint density at radius 2 is 2.00 bits per heavy atom. The van der Waals surface area contributed by atoms with Gasteiger partial charge >= 0.3 is 12.1 Å². The Labute approximate surface area is 176 Å². The van der Waals surface area contributed by atoms with Gasteiger partial charge in [0.25, 0.3) is 5.91 Å². The molecule has 0 aromatic carbocycles. The number of hydrogen-bond acceptors (Lipinski definition) is 5. The molecule has 10 heteroatoms. The van der Waals surface area contributed by atoms with E-state index < -0.39 is 12.1 Å². The van der Waals surface area contributed by atoms with Crippen molar-refractivity contribution in [2.45, 2.75) is 25.4 Å². The number of carboxylic acids is 1. The summed E-state index contributed by atoms with van der Waals surface area (Å²) in [4.78, 5) is 31.9. The van der Waals surface area contributed by atoms with Crippen molar-refractivity contribution in [3.8, 4) is 5.88 Å². The Morgan fingerprint density at radius 1 is 1.23 bits per heavy atom. The van der Waals surface area contributed by atoms with Crippen molar-refractivity contribution < 1.29 is 32.6 Å². The predicted molar refractivity (Wildman–Crippen MR) is 103 cm³/mol. The molecule has 3 heterocycles. The molecule has 4 rings (SSSR count). The second-order valence-corrected chi connectivity index (χ2v) is 7.64. The molecular weight excluding hydrogens is 415 g/mol. The molecule has 1 aliphatic heterocycles. The summed E-state index contributed by atoms with van der Waals surface area (Å²) >= 11 is 0. The molecule has 1 N–H and O–H groups in total. The van der Waals surface area contributed by atoms with E-state index in [4.69, 9.17) is 14.6 Å². The lowest BCUT2D eigenvalue weighted by Gasteiger charge is -2.28. The number of fused-ring (bicyclic) bond motifs is 1. The number of aliphatic carboxylic acids is 1. The summed E-state index contributed by atoms with van der Waals surface area (Å²) in [6.07, 6.45) is 3.49. The van der Waals surface area contributed by atoms with Crippen molar-refractivity contribution in [2.24, 2.45) is 11.3 Å². The summed E-state index contributed by atoms with van der Waals surface area (Å²) in [5.41, 5.74) is 0.730. The average Bonchev–Trinajstić information content (AvgIpc) is 3.30. The fourth-order valence-electron chi connectivity index (χ4n) is 4.13. The van der Waals surface area contributed by atoms with Crippen LogP contribution in [0, 0.1) is 11.3 Å². The molecule has 2 aliphatic rings. The van der Waals surface area contributed by atoms with E-state index in [-0.39, 0.29) is 11.3 Å². The molecule has 1 aliphatic carbocycles. The van der Waals surface area contributed by atoms with Gasteiger partial charge in [-0.05, 0) is 37.0 Å². The summed E-state index contributed by atoms with van der Waals surface area (Å²) < 4.78 is 37.7. The lowest BCUT2D eigenvalue weighted by molar-refractivity contribution is -0.192. The number of hydrogen-bond donors (Lipinski definition) is 1. The second-order valence-electron chi connectivity index (χ2n) is 7.64. The van der Waals surface area contributed by atoms with E-state index in [2.05, 4.69) is 9.97 Å². The lowest BCUT2D eigenvalue weighted by Crippen LogP contribution is -2.35. The first kappa shape index (κ1) is 22.5. The number of aromatic nitrogens is 2. The number of amides is 1. The monoisotopic (exact) mass is 437 g/mol. The minimum atomic E-state index is -5.08. The molecule has 1 saturated heterocycles. The largest absolute Gasteiger partial charge is 0.490 e. The van der Waals surface area contributed by atoms with Gasteiger partial charge in [-0.25, -0.2) is 9.78 Å². The Bertz CT molecular complexity index is 896. The maximum Gasteiger partial charge on any atom is 0.490 e. The van der Waals surface area contributed by atoms with Gasteiger partial charge in [-0.15, -0.1) is 0 Å². The van der Waals surface area contributed by atoms with Crippen molar-refractivity contribution in [1.29, 1.82) is 0 Å². The van der Waals surface area contributed by atoms with Gasteiger partial charge < -0.3 is 14.7 Å². The Morgan fingerprint density at radius 3 is 2.61 bits per heavy atom. The standard InChI is InChI=1S/C19H21N3O2.C2HF3O2/c23-18(15-5-4-9-20-11-15)22-12-16-6-3-8-19(16,13-22)14-24-17-7-1-2-10-21-17;3-2(4,5)1(6)7/h1-2,4-5,7,9-11,16H,3,6,8,12-14H2;(H,6,7)/t16-,19+;/m1./s1. The van der Waals surface area contributed by atoms with Crippen molar-refractivity contribution in [1.82, 2.24) is 14.9 Å². The number of ether oxygens (including phenoxy) is 1. The first-order valence-electron chi connectivity index (χ1n) is 9.74. The molecule has 2 aromatic heterocycles. The first-order chi connectivity index (χ1) is 14.7. The SMILES string of the molecule is O=C(O)C(F)(F)F.O=C(c1cccnc1)N1C[C@H]2CCC[C@@]2(COc2ccccn2)C1.